The minimum Gasteiger partial charge on any atom is -0.347 e. The number of rotatable bonds is 4. The van der Waals surface area contributed by atoms with Crippen LogP contribution < -0.4 is 5.32 Å². The van der Waals surface area contributed by atoms with Crippen LogP contribution in [0, 0.1) is 0 Å². The average Bonchev–Trinajstić information content (AvgIpc) is 2.96. The van der Waals surface area contributed by atoms with Crippen LogP contribution in [0.1, 0.15) is 40.7 Å². The Labute approximate surface area is 109 Å². The van der Waals surface area contributed by atoms with Gasteiger partial charge in [0.25, 0.3) is 5.91 Å². The van der Waals surface area contributed by atoms with Gasteiger partial charge in [-0.05, 0) is 28.3 Å². The van der Waals surface area contributed by atoms with E-state index in [0.717, 1.165) is 10.4 Å². The highest BCUT2D eigenvalue weighted by atomic mass is 32.1. The first kappa shape index (κ1) is 12.3. The van der Waals surface area contributed by atoms with E-state index in [4.69, 9.17) is 0 Å². The average molecular weight is 266 g/mol. The molecule has 0 aliphatic rings. The van der Waals surface area contributed by atoms with E-state index in [-0.39, 0.29) is 5.91 Å². The van der Waals surface area contributed by atoms with Gasteiger partial charge in [0.05, 0.1) is 5.51 Å². The molecule has 0 unspecified atom stereocenters. The number of hydrogen-bond acceptors (Lipinski definition) is 4. The molecule has 0 fully saturated rings. The van der Waals surface area contributed by atoms with E-state index in [2.05, 4.69) is 24.1 Å². The molecule has 1 amide bonds. The summed E-state index contributed by atoms with van der Waals surface area (Å²) in [5, 5.41) is 6.93. The lowest BCUT2D eigenvalue weighted by Crippen LogP contribution is -2.24. The molecule has 0 spiro atoms. The molecule has 0 saturated carbocycles. The Morgan fingerprint density at radius 2 is 2.35 bits per heavy atom. The fourth-order valence-electron chi connectivity index (χ4n) is 1.49. The molecule has 0 aliphatic carbocycles. The molecule has 17 heavy (non-hydrogen) atoms. The largest absolute Gasteiger partial charge is 0.347 e. The standard InChI is InChI=1S/C12H14N2OS2/c1-8(2)11-10(14-7-17-11)12(15)13-5-9-3-4-16-6-9/h3-4,6-8H,5H2,1-2H3,(H,13,15). The van der Waals surface area contributed by atoms with Gasteiger partial charge in [0.1, 0.15) is 5.69 Å². The lowest BCUT2D eigenvalue weighted by Gasteiger charge is -2.06. The maximum Gasteiger partial charge on any atom is 0.271 e. The minimum absolute atomic E-state index is 0.0823. The molecule has 0 saturated heterocycles. The highest BCUT2D eigenvalue weighted by Crippen LogP contribution is 2.23. The van der Waals surface area contributed by atoms with Crippen molar-refractivity contribution in [2.75, 3.05) is 0 Å². The number of thiazole rings is 1. The van der Waals surface area contributed by atoms with Crippen LogP contribution in [0.3, 0.4) is 0 Å². The second-order valence-electron chi connectivity index (χ2n) is 4.03. The van der Waals surface area contributed by atoms with E-state index >= 15 is 0 Å². The second kappa shape index (κ2) is 5.42. The van der Waals surface area contributed by atoms with Crippen molar-refractivity contribution < 1.29 is 4.79 Å². The van der Waals surface area contributed by atoms with Crippen molar-refractivity contribution in [2.45, 2.75) is 26.3 Å². The number of carbonyl (C=O) groups is 1. The van der Waals surface area contributed by atoms with Crippen molar-refractivity contribution in [3.05, 3.63) is 38.5 Å². The first-order valence-corrected chi connectivity index (χ1v) is 7.23. The molecule has 0 aliphatic heterocycles. The molecule has 5 heteroatoms. The van der Waals surface area contributed by atoms with Gasteiger partial charge in [-0.15, -0.1) is 11.3 Å². The summed E-state index contributed by atoms with van der Waals surface area (Å²) < 4.78 is 0. The number of hydrogen-bond donors (Lipinski definition) is 1. The number of nitrogens with zero attached hydrogens (tertiary/aromatic N) is 1. The summed E-state index contributed by atoms with van der Waals surface area (Å²) in [5.41, 5.74) is 3.43. The molecule has 0 bridgehead atoms. The first-order valence-electron chi connectivity index (χ1n) is 5.41. The first-order chi connectivity index (χ1) is 8.18. The van der Waals surface area contributed by atoms with E-state index in [1.807, 2.05) is 16.8 Å². The maximum atomic E-state index is 12.0. The normalized spacial score (nSPS) is 10.8. The van der Waals surface area contributed by atoms with Gasteiger partial charge in [0, 0.05) is 11.4 Å². The van der Waals surface area contributed by atoms with Gasteiger partial charge >= 0.3 is 0 Å². The molecule has 2 heterocycles. The van der Waals surface area contributed by atoms with Crippen LogP contribution in [0.25, 0.3) is 0 Å². The number of aromatic nitrogens is 1. The number of carbonyl (C=O) groups excluding carboxylic acids is 1. The van der Waals surface area contributed by atoms with Crippen LogP contribution in [-0.2, 0) is 6.54 Å². The predicted octanol–water partition coefficient (Wildman–Crippen LogP) is 3.26. The topological polar surface area (TPSA) is 42.0 Å². The van der Waals surface area contributed by atoms with Crippen LogP contribution >= 0.6 is 22.7 Å². The molecule has 0 atom stereocenters. The molecule has 0 aromatic carbocycles. The Hall–Kier alpha value is -1.20. The summed E-state index contributed by atoms with van der Waals surface area (Å²) in [6, 6.07) is 2.01. The third-order valence-corrected chi connectivity index (χ3v) is 4.23. The zero-order valence-corrected chi connectivity index (χ0v) is 11.4. The summed E-state index contributed by atoms with van der Waals surface area (Å²) in [4.78, 5) is 17.2. The van der Waals surface area contributed by atoms with E-state index in [1.165, 1.54) is 11.3 Å². The zero-order valence-electron chi connectivity index (χ0n) is 9.77. The summed E-state index contributed by atoms with van der Waals surface area (Å²) in [7, 11) is 0. The third kappa shape index (κ3) is 2.92. The molecule has 2 rings (SSSR count). The molecular weight excluding hydrogens is 252 g/mol. The molecule has 3 nitrogen and oxygen atoms in total. The SMILES string of the molecule is CC(C)c1scnc1C(=O)NCc1ccsc1. The van der Waals surface area contributed by atoms with Crippen LogP contribution in [0.4, 0.5) is 0 Å². The summed E-state index contributed by atoms with van der Waals surface area (Å²) in [6.45, 7) is 4.71. The van der Waals surface area contributed by atoms with E-state index in [1.54, 1.807) is 16.8 Å². The quantitative estimate of drug-likeness (QED) is 0.923. The fourth-order valence-corrected chi connectivity index (χ4v) is 2.96. The summed E-state index contributed by atoms with van der Waals surface area (Å²) >= 11 is 3.17. The highest BCUT2D eigenvalue weighted by molar-refractivity contribution is 7.10. The number of thiophene rings is 1. The van der Waals surface area contributed by atoms with Gasteiger partial charge in [-0.3, -0.25) is 4.79 Å². The van der Waals surface area contributed by atoms with Gasteiger partial charge in [-0.1, -0.05) is 13.8 Å². The van der Waals surface area contributed by atoms with Gasteiger partial charge in [0.2, 0.25) is 0 Å². The van der Waals surface area contributed by atoms with E-state index in [0.29, 0.717) is 18.2 Å². The Morgan fingerprint density at radius 3 is 3.00 bits per heavy atom. The lowest BCUT2D eigenvalue weighted by molar-refractivity contribution is 0.0945. The monoisotopic (exact) mass is 266 g/mol. The van der Waals surface area contributed by atoms with Crippen molar-refractivity contribution in [3.63, 3.8) is 0 Å². The minimum atomic E-state index is -0.0823. The summed E-state index contributed by atoms with van der Waals surface area (Å²) in [6.07, 6.45) is 0. The van der Waals surface area contributed by atoms with Crippen molar-refractivity contribution in [3.8, 4) is 0 Å². The van der Waals surface area contributed by atoms with Gasteiger partial charge in [-0.25, -0.2) is 4.98 Å². The Kier molecular flexibility index (Phi) is 3.91. The zero-order chi connectivity index (χ0) is 12.3. The molecule has 2 aromatic rings. The van der Waals surface area contributed by atoms with Crippen molar-refractivity contribution in [1.29, 1.82) is 0 Å². The molecular formula is C12H14N2OS2. The van der Waals surface area contributed by atoms with Gasteiger partial charge < -0.3 is 5.32 Å². The molecule has 0 radical (unpaired) electrons. The van der Waals surface area contributed by atoms with Crippen LogP contribution in [0.15, 0.2) is 22.3 Å². The lowest BCUT2D eigenvalue weighted by atomic mass is 10.1. The van der Waals surface area contributed by atoms with Crippen LogP contribution in [0.5, 0.6) is 0 Å². The number of nitrogens with one attached hydrogen (secondary N) is 1. The fraction of sp³-hybridized carbons (Fsp3) is 0.333. The number of amides is 1. The van der Waals surface area contributed by atoms with Crippen LogP contribution in [-0.4, -0.2) is 10.9 Å². The second-order valence-corrected chi connectivity index (χ2v) is 5.70. The van der Waals surface area contributed by atoms with Crippen molar-refractivity contribution in [1.82, 2.24) is 10.3 Å². The highest BCUT2D eigenvalue weighted by Gasteiger charge is 2.16. The van der Waals surface area contributed by atoms with Crippen molar-refractivity contribution >= 4 is 28.6 Å². The smallest absolute Gasteiger partial charge is 0.271 e. The van der Waals surface area contributed by atoms with E-state index < -0.39 is 0 Å². The van der Waals surface area contributed by atoms with Gasteiger partial charge in [0.15, 0.2) is 0 Å². The Bertz CT molecular complexity index is 488. The molecule has 90 valence electrons. The Morgan fingerprint density at radius 1 is 1.53 bits per heavy atom. The third-order valence-electron chi connectivity index (χ3n) is 2.37. The molecule has 2 aromatic heterocycles. The maximum absolute atomic E-state index is 12.0. The molecule has 1 N–H and O–H groups in total. The van der Waals surface area contributed by atoms with Crippen LogP contribution in [0.2, 0.25) is 0 Å². The Balaban J connectivity index is 2.02. The van der Waals surface area contributed by atoms with Crippen molar-refractivity contribution in [2.24, 2.45) is 0 Å². The predicted molar refractivity (Wildman–Crippen MR) is 71.7 cm³/mol. The van der Waals surface area contributed by atoms with E-state index in [9.17, 15) is 4.79 Å². The summed E-state index contributed by atoms with van der Waals surface area (Å²) in [5.74, 6) is 0.255. The van der Waals surface area contributed by atoms with Gasteiger partial charge in [-0.2, -0.15) is 11.3 Å².